The SMILES string of the molecule is CCCCNC(=NCc1nnc(C)n1C)N1CCN(C2CCCCC2)CC1. The summed E-state index contributed by atoms with van der Waals surface area (Å²) in [5.41, 5.74) is 0. The first-order valence-corrected chi connectivity index (χ1v) is 10.8. The molecule has 3 rings (SSSR count). The Morgan fingerprint density at radius 3 is 2.48 bits per heavy atom. The lowest BCUT2D eigenvalue weighted by Crippen LogP contribution is -2.55. The largest absolute Gasteiger partial charge is 0.356 e. The fraction of sp³-hybridized carbons (Fsp3) is 0.850. The number of aliphatic imine (C=N–C) groups is 1. The molecule has 1 saturated heterocycles. The molecule has 27 heavy (non-hydrogen) atoms. The molecule has 1 aliphatic carbocycles. The van der Waals surface area contributed by atoms with Gasteiger partial charge in [0, 0.05) is 45.8 Å². The van der Waals surface area contributed by atoms with E-state index in [4.69, 9.17) is 4.99 Å². The van der Waals surface area contributed by atoms with Gasteiger partial charge >= 0.3 is 0 Å². The number of aromatic nitrogens is 3. The number of hydrogen-bond acceptors (Lipinski definition) is 4. The average molecular weight is 376 g/mol. The Hall–Kier alpha value is -1.63. The maximum absolute atomic E-state index is 4.89. The Bertz CT molecular complexity index is 595. The van der Waals surface area contributed by atoms with E-state index in [1.807, 2.05) is 18.5 Å². The Labute approximate surface area is 164 Å². The summed E-state index contributed by atoms with van der Waals surface area (Å²) in [5.74, 6) is 2.89. The molecule has 0 radical (unpaired) electrons. The molecule has 0 unspecified atom stereocenters. The van der Waals surface area contributed by atoms with Crippen LogP contribution < -0.4 is 5.32 Å². The second-order valence-corrected chi connectivity index (χ2v) is 7.96. The van der Waals surface area contributed by atoms with E-state index in [1.54, 1.807) is 0 Å². The van der Waals surface area contributed by atoms with Crippen molar-refractivity contribution in [3.8, 4) is 0 Å². The van der Waals surface area contributed by atoms with Crippen LogP contribution in [0.25, 0.3) is 0 Å². The second kappa shape index (κ2) is 10.1. The number of aryl methyl sites for hydroxylation is 1. The zero-order valence-corrected chi connectivity index (χ0v) is 17.5. The molecule has 2 heterocycles. The van der Waals surface area contributed by atoms with Gasteiger partial charge in [0.2, 0.25) is 0 Å². The molecule has 1 aliphatic heterocycles. The minimum absolute atomic E-state index is 0.578. The van der Waals surface area contributed by atoms with Crippen LogP contribution >= 0.6 is 0 Å². The van der Waals surface area contributed by atoms with Crippen molar-refractivity contribution >= 4 is 5.96 Å². The standard InChI is InChI=1S/C20H37N7/c1-4-5-11-21-20(22-16-19-24-23-17(2)25(19)3)27-14-12-26(13-15-27)18-9-7-6-8-10-18/h18H,4-16H2,1-3H3,(H,21,22). The van der Waals surface area contributed by atoms with E-state index in [0.717, 1.165) is 56.4 Å². The first-order chi connectivity index (χ1) is 13.2. The van der Waals surface area contributed by atoms with Gasteiger partial charge < -0.3 is 14.8 Å². The summed E-state index contributed by atoms with van der Waals surface area (Å²) in [7, 11) is 2.01. The number of unbranched alkanes of at least 4 members (excludes halogenated alkanes) is 1. The fourth-order valence-electron chi connectivity index (χ4n) is 4.12. The first-order valence-electron chi connectivity index (χ1n) is 10.8. The van der Waals surface area contributed by atoms with Crippen LogP contribution in [0, 0.1) is 6.92 Å². The minimum Gasteiger partial charge on any atom is -0.356 e. The lowest BCUT2D eigenvalue weighted by molar-refractivity contribution is 0.106. The Balaban J connectivity index is 1.59. The van der Waals surface area contributed by atoms with E-state index in [-0.39, 0.29) is 0 Å². The molecular formula is C20H37N7. The number of nitrogens with zero attached hydrogens (tertiary/aromatic N) is 6. The van der Waals surface area contributed by atoms with Gasteiger partial charge in [-0.25, -0.2) is 4.99 Å². The quantitative estimate of drug-likeness (QED) is 0.470. The van der Waals surface area contributed by atoms with E-state index in [1.165, 1.54) is 44.9 Å². The number of piperazine rings is 1. The van der Waals surface area contributed by atoms with E-state index in [9.17, 15) is 0 Å². The van der Waals surface area contributed by atoms with Crippen molar-refractivity contribution in [2.45, 2.75) is 71.4 Å². The van der Waals surface area contributed by atoms with Gasteiger partial charge in [0.05, 0.1) is 0 Å². The van der Waals surface area contributed by atoms with Gasteiger partial charge in [-0.3, -0.25) is 4.90 Å². The van der Waals surface area contributed by atoms with Crippen LogP contribution in [0.4, 0.5) is 0 Å². The molecule has 2 aliphatic rings. The molecule has 1 saturated carbocycles. The van der Waals surface area contributed by atoms with Gasteiger partial charge in [-0.05, 0) is 26.2 Å². The third-order valence-corrected chi connectivity index (χ3v) is 6.07. The van der Waals surface area contributed by atoms with Crippen LogP contribution in [0.3, 0.4) is 0 Å². The summed E-state index contributed by atoms with van der Waals surface area (Å²) in [6, 6.07) is 0.816. The van der Waals surface area contributed by atoms with Gasteiger partial charge in [0.1, 0.15) is 12.4 Å². The molecule has 1 aromatic rings. The number of hydrogen-bond donors (Lipinski definition) is 1. The molecule has 2 fully saturated rings. The third-order valence-electron chi connectivity index (χ3n) is 6.07. The van der Waals surface area contributed by atoms with E-state index >= 15 is 0 Å². The fourth-order valence-corrected chi connectivity index (χ4v) is 4.12. The zero-order chi connectivity index (χ0) is 19.1. The Kier molecular flexibility index (Phi) is 7.50. The lowest BCUT2D eigenvalue weighted by atomic mass is 9.94. The average Bonchev–Trinajstić information content (AvgIpc) is 3.03. The predicted octanol–water partition coefficient (Wildman–Crippen LogP) is 2.32. The molecule has 1 N–H and O–H groups in total. The highest BCUT2D eigenvalue weighted by atomic mass is 15.4. The monoisotopic (exact) mass is 375 g/mol. The Morgan fingerprint density at radius 2 is 1.85 bits per heavy atom. The van der Waals surface area contributed by atoms with Gasteiger partial charge in [0.15, 0.2) is 11.8 Å². The molecule has 0 bridgehead atoms. The molecule has 0 spiro atoms. The lowest BCUT2D eigenvalue weighted by Gasteiger charge is -2.41. The summed E-state index contributed by atoms with van der Waals surface area (Å²) in [5, 5.41) is 12.0. The predicted molar refractivity (Wildman–Crippen MR) is 110 cm³/mol. The summed E-state index contributed by atoms with van der Waals surface area (Å²) < 4.78 is 2.02. The number of guanidine groups is 1. The van der Waals surface area contributed by atoms with Crippen molar-refractivity contribution in [2.75, 3.05) is 32.7 Å². The van der Waals surface area contributed by atoms with Crippen LogP contribution in [0.15, 0.2) is 4.99 Å². The molecule has 0 atom stereocenters. The molecule has 1 aromatic heterocycles. The third kappa shape index (κ3) is 5.43. The first kappa shape index (κ1) is 20.1. The molecule has 0 amide bonds. The molecule has 7 nitrogen and oxygen atoms in total. The number of nitrogens with one attached hydrogen (secondary N) is 1. The summed E-state index contributed by atoms with van der Waals surface area (Å²) >= 11 is 0. The highest BCUT2D eigenvalue weighted by Crippen LogP contribution is 2.23. The van der Waals surface area contributed by atoms with Gasteiger partial charge in [-0.1, -0.05) is 32.6 Å². The second-order valence-electron chi connectivity index (χ2n) is 7.96. The van der Waals surface area contributed by atoms with Crippen LogP contribution in [0.5, 0.6) is 0 Å². The van der Waals surface area contributed by atoms with E-state index in [0.29, 0.717) is 6.54 Å². The van der Waals surface area contributed by atoms with Crippen molar-refractivity contribution in [2.24, 2.45) is 12.0 Å². The Morgan fingerprint density at radius 1 is 1.11 bits per heavy atom. The van der Waals surface area contributed by atoms with Crippen LogP contribution in [-0.4, -0.2) is 69.3 Å². The summed E-state index contributed by atoms with van der Waals surface area (Å²) in [6.45, 7) is 10.2. The van der Waals surface area contributed by atoms with Crippen LogP contribution in [-0.2, 0) is 13.6 Å². The topological polar surface area (TPSA) is 61.6 Å². The highest BCUT2D eigenvalue weighted by Gasteiger charge is 2.26. The minimum atomic E-state index is 0.578. The summed E-state index contributed by atoms with van der Waals surface area (Å²) in [4.78, 5) is 10.0. The normalized spacial score (nSPS) is 20.3. The van der Waals surface area contributed by atoms with Crippen molar-refractivity contribution in [1.29, 1.82) is 0 Å². The maximum atomic E-state index is 4.89. The van der Waals surface area contributed by atoms with Gasteiger partial charge in [-0.15, -0.1) is 10.2 Å². The van der Waals surface area contributed by atoms with Crippen molar-refractivity contribution in [3.63, 3.8) is 0 Å². The zero-order valence-electron chi connectivity index (χ0n) is 17.5. The molecule has 0 aromatic carbocycles. The van der Waals surface area contributed by atoms with E-state index in [2.05, 4.69) is 32.2 Å². The van der Waals surface area contributed by atoms with Gasteiger partial charge in [0.25, 0.3) is 0 Å². The van der Waals surface area contributed by atoms with Crippen LogP contribution in [0.1, 0.15) is 63.5 Å². The molecule has 7 heteroatoms. The molecular weight excluding hydrogens is 338 g/mol. The summed E-state index contributed by atoms with van der Waals surface area (Å²) in [6.07, 6.45) is 9.39. The van der Waals surface area contributed by atoms with Crippen molar-refractivity contribution in [1.82, 2.24) is 29.9 Å². The highest BCUT2D eigenvalue weighted by molar-refractivity contribution is 5.80. The van der Waals surface area contributed by atoms with E-state index < -0.39 is 0 Å². The van der Waals surface area contributed by atoms with Crippen LogP contribution in [0.2, 0.25) is 0 Å². The molecule has 152 valence electrons. The smallest absolute Gasteiger partial charge is 0.194 e. The maximum Gasteiger partial charge on any atom is 0.194 e. The number of rotatable bonds is 6. The van der Waals surface area contributed by atoms with Crippen molar-refractivity contribution in [3.05, 3.63) is 11.6 Å². The van der Waals surface area contributed by atoms with Crippen molar-refractivity contribution < 1.29 is 0 Å². The van der Waals surface area contributed by atoms with Gasteiger partial charge in [-0.2, -0.15) is 0 Å².